The fourth-order valence-corrected chi connectivity index (χ4v) is 3.23. The van der Waals surface area contributed by atoms with Crippen LogP contribution in [0.25, 0.3) is 0 Å². The van der Waals surface area contributed by atoms with Gasteiger partial charge in [0.05, 0.1) is 12.7 Å². The van der Waals surface area contributed by atoms with Gasteiger partial charge in [0.1, 0.15) is 0 Å². The van der Waals surface area contributed by atoms with Crippen molar-refractivity contribution >= 4 is 17.4 Å². The number of piperidine rings is 1. The number of rotatable bonds is 1. The molecule has 0 aromatic carbocycles. The highest BCUT2D eigenvalue weighted by molar-refractivity contribution is 6.29. The lowest BCUT2D eigenvalue weighted by Crippen LogP contribution is -2.50. The van der Waals surface area contributed by atoms with E-state index < -0.39 is 0 Å². The van der Waals surface area contributed by atoms with E-state index in [9.17, 15) is 0 Å². The minimum atomic E-state index is 0.144. The third-order valence-corrected chi connectivity index (χ3v) is 4.75. The molecular formula is C13H19ClN4O. The van der Waals surface area contributed by atoms with E-state index in [4.69, 9.17) is 22.1 Å². The van der Waals surface area contributed by atoms with Gasteiger partial charge in [0, 0.05) is 24.5 Å². The SMILES string of the molecule is C[C@@H]1OCC2(CCN(c3ccc(Cl)nn3)CC2)[C@@H]1N. The van der Waals surface area contributed by atoms with Gasteiger partial charge in [-0.3, -0.25) is 0 Å². The van der Waals surface area contributed by atoms with Gasteiger partial charge < -0.3 is 15.4 Å². The van der Waals surface area contributed by atoms with E-state index in [1.807, 2.05) is 6.07 Å². The van der Waals surface area contributed by atoms with Gasteiger partial charge in [0.15, 0.2) is 11.0 Å². The van der Waals surface area contributed by atoms with Crippen LogP contribution >= 0.6 is 11.6 Å². The zero-order chi connectivity index (χ0) is 13.5. The molecule has 0 amide bonds. The van der Waals surface area contributed by atoms with Crippen molar-refractivity contribution in [3.63, 3.8) is 0 Å². The van der Waals surface area contributed by atoms with Crippen LogP contribution in [0.2, 0.25) is 5.15 Å². The van der Waals surface area contributed by atoms with E-state index in [1.54, 1.807) is 6.07 Å². The molecule has 2 atom stereocenters. The molecule has 5 nitrogen and oxygen atoms in total. The molecule has 3 heterocycles. The van der Waals surface area contributed by atoms with Crippen molar-refractivity contribution in [1.29, 1.82) is 0 Å². The number of hydrogen-bond donors (Lipinski definition) is 1. The van der Waals surface area contributed by atoms with Gasteiger partial charge in [-0.2, -0.15) is 0 Å². The second-order valence-corrected chi connectivity index (χ2v) is 5.99. The minimum Gasteiger partial charge on any atom is -0.376 e. The zero-order valence-corrected chi connectivity index (χ0v) is 11.8. The summed E-state index contributed by atoms with van der Waals surface area (Å²) in [6.07, 6.45) is 2.26. The van der Waals surface area contributed by atoms with Crippen LogP contribution in [0.4, 0.5) is 5.82 Å². The molecule has 104 valence electrons. The maximum atomic E-state index is 6.30. The van der Waals surface area contributed by atoms with Crippen LogP contribution in [0.3, 0.4) is 0 Å². The highest BCUT2D eigenvalue weighted by Crippen LogP contribution is 2.41. The van der Waals surface area contributed by atoms with Crippen molar-refractivity contribution in [3.05, 3.63) is 17.3 Å². The Hall–Kier alpha value is -0.910. The lowest BCUT2D eigenvalue weighted by atomic mass is 9.73. The zero-order valence-electron chi connectivity index (χ0n) is 11.1. The first-order chi connectivity index (χ1) is 9.11. The van der Waals surface area contributed by atoms with Crippen molar-refractivity contribution in [1.82, 2.24) is 10.2 Å². The molecule has 2 aliphatic heterocycles. The first-order valence-electron chi connectivity index (χ1n) is 6.72. The molecule has 1 spiro atoms. The van der Waals surface area contributed by atoms with E-state index >= 15 is 0 Å². The molecule has 19 heavy (non-hydrogen) atoms. The molecule has 0 radical (unpaired) electrons. The summed E-state index contributed by atoms with van der Waals surface area (Å²) in [7, 11) is 0. The second kappa shape index (κ2) is 4.89. The summed E-state index contributed by atoms with van der Waals surface area (Å²) >= 11 is 5.76. The average Bonchev–Trinajstić information content (AvgIpc) is 2.70. The quantitative estimate of drug-likeness (QED) is 0.845. The van der Waals surface area contributed by atoms with Crippen molar-refractivity contribution in [2.45, 2.75) is 31.9 Å². The third-order valence-electron chi connectivity index (χ3n) is 4.55. The highest BCUT2D eigenvalue weighted by Gasteiger charge is 2.47. The Balaban J connectivity index is 1.68. The summed E-state index contributed by atoms with van der Waals surface area (Å²) in [6, 6.07) is 3.84. The molecule has 2 aliphatic rings. The largest absolute Gasteiger partial charge is 0.376 e. The van der Waals surface area contributed by atoms with Crippen LogP contribution in [-0.4, -0.2) is 42.0 Å². The number of nitrogens with zero attached hydrogens (tertiary/aromatic N) is 3. The van der Waals surface area contributed by atoms with Gasteiger partial charge in [-0.1, -0.05) is 11.6 Å². The average molecular weight is 283 g/mol. The van der Waals surface area contributed by atoms with E-state index in [1.165, 1.54) is 0 Å². The van der Waals surface area contributed by atoms with Crippen molar-refractivity contribution in [2.75, 3.05) is 24.6 Å². The summed E-state index contributed by atoms with van der Waals surface area (Å²) in [6.45, 7) is 4.74. The van der Waals surface area contributed by atoms with Crippen LogP contribution in [0.5, 0.6) is 0 Å². The first kappa shape index (κ1) is 13.1. The second-order valence-electron chi connectivity index (χ2n) is 5.61. The molecule has 3 rings (SSSR count). The Kier molecular flexibility index (Phi) is 3.37. The van der Waals surface area contributed by atoms with Gasteiger partial charge in [-0.15, -0.1) is 10.2 Å². The van der Waals surface area contributed by atoms with Gasteiger partial charge in [-0.25, -0.2) is 0 Å². The van der Waals surface area contributed by atoms with Crippen LogP contribution in [0.15, 0.2) is 12.1 Å². The first-order valence-corrected chi connectivity index (χ1v) is 7.10. The van der Waals surface area contributed by atoms with E-state index in [2.05, 4.69) is 22.0 Å². The molecule has 0 bridgehead atoms. The molecule has 2 N–H and O–H groups in total. The molecule has 6 heteroatoms. The number of nitrogens with two attached hydrogens (primary N) is 1. The van der Waals surface area contributed by atoms with Crippen LogP contribution in [0.1, 0.15) is 19.8 Å². The lowest BCUT2D eigenvalue weighted by molar-refractivity contribution is 0.0974. The predicted molar refractivity (Wildman–Crippen MR) is 74.3 cm³/mol. The third kappa shape index (κ3) is 2.30. The minimum absolute atomic E-state index is 0.144. The number of ether oxygens (including phenoxy) is 1. The fraction of sp³-hybridized carbons (Fsp3) is 0.692. The number of hydrogen-bond acceptors (Lipinski definition) is 5. The summed E-state index contributed by atoms with van der Waals surface area (Å²) in [5.74, 6) is 0.889. The van der Waals surface area contributed by atoms with Crippen molar-refractivity contribution < 1.29 is 4.74 Å². The van der Waals surface area contributed by atoms with Crippen molar-refractivity contribution in [3.8, 4) is 0 Å². The lowest BCUT2D eigenvalue weighted by Gasteiger charge is -2.41. The van der Waals surface area contributed by atoms with Gasteiger partial charge in [0.2, 0.25) is 0 Å². The molecule has 2 saturated heterocycles. The molecule has 2 fully saturated rings. The van der Waals surface area contributed by atoms with Crippen molar-refractivity contribution in [2.24, 2.45) is 11.1 Å². The predicted octanol–water partition coefficient (Wildman–Crippen LogP) is 1.46. The Morgan fingerprint density at radius 1 is 1.37 bits per heavy atom. The fourth-order valence-electron chi connectivity index (χ4n) is 3.13. The Bertz CT molecular complexity index is 444. The molecule has 0 saturated carbocycles. The smallest absolute Gasteiger partial charge is 0.151 e. The molecule has 1 aromatic rings. The Labute approximate surface area is 118 Å². The Morgan fingerprint density at radius 2 is 2.11 bits per heavy atom. The maximum absolute atomic E-state index is 6.30. The molecular weight excluding hydrogens is 264 g/mol. The van der Waals surface area contributed by atoms with Crippen LogP contribution in [-0.2, 0) is 4.74 Å². The normalized spacial score (nSPS) is 29.9. The van der Waals surface area contributed by atoms with E-state index in [-0.39, 0.29) is 17.6 Å². The highest BCUT2D eigenvalue weighted by atomic mass is 35.5. The van der Waals surface area contributed by atoms with E-state index in [0.29, 0.717) is 5.15 Å². The molecule has 0 aliphatic carbocycles. The van der Waals surface area contributed by atoms with Gasteiger partial charge in [0.25, 0.3) is 0 Å². The van der Waals surface area contributed by atoms with Gasteiger partial charge in [-0.05, 0) is 31.9 Å². The number of halogens is 1. The maximum Gasteiger partial charge on any atom is 0.151 e. The monoisotopic (exact) mass is 282 g/mol. The van der Waals surface area contributed by atoms with E-state index in [0.717, 1.165) is 38.4 Å². The Morgan fingerprint density at radius 3 is 2.63 bits per heavy atom. The number of aromatic nitrogens is 2. The summed E-state index contributed by atoms with van der Waals surface area (Å²) in [5, 5.41) is 8.46. The topological polar surface area (TPSA) is 64.3 Å². The van der Waals surface area contributed by atoms with Gasteiger partial charge >= 0.3 is 0 Å². The number of anilines is 1. The molecule has 1 aromatic heterocycles. The standard InChI is InChI=1S/C13H19ClN4O/c1-9-12(15)13(8-19-9)4-6-18(7-5-13)11-3-2-10(14)16-17-11/h2-3,9,12H,4-8,15H2,1H3/t9-,12+/m0/s1. The van der Waals surface area contributed by atoms with Crippen LogP contribution < -0.4 is 10.6 Å². The summed E-state index contributed by atoms with van der Waals surface area (Å²) in [5.41, 5.74) is 6.45. The molecule has 0 unspecified atom stereocenters. The summed E-state index contributed by atoms with van der Waals surface area (Å²) in [4.78, 5) is 2.24. The summed E-state index contributed by atoms with van der Waals surface area (Å²) < 4.78 is 5.73. The van der Waals surface area contributed by atoms with Crippen LogP contribution in [0, 0.1) is 5.41 Å².